The Morgan fingerprint density at radius 3 is 2.21 bits per heavy atom. The lowest BCUT2D eigenvalue weighted by atomic mass is 9.82. The Morgan fingerprint density at radius 2 is 1.79 bits per heavy atom. The van der Waals surface area contributed by atoms with E-state index in [1.807, 2.05) is 19.9 Å². The summed E-state index contributed by atoms with van der Waals surface area (Å²) >= 11 is 0. The van der Waals surface area contributed by atoms with Gasteiger partial charge in [-0.25, -0.2) is 0 Å². The first-order valence-corrected chi connectivity index (χ1v) is 7.65. The molecule has 112 valence electrons. The van der Waals surface area contributed by atoms with Crippen LogP contribution in [0.4, 0.5) is 0 Å². The number of Topliss-reactive ketones (excluding diaryl/α,β-unsaturated/α-hetero) is 1. The minimum atomic E-state index is -0.323. The molecular formula is C17H33NO. The zero-order valence-corrected chi connectivity index (χ0v) is 13.8. The van der Waals surface area contributed by atoms with E-state index in [-0.39, 0.29) is 11.5 Å². The lowest BCUT2D eigenvalue weighted by Gasteiger charge is -2.41. The predicted molar refractivity (Wildman–Crippen MR) is 84.4 cm³/mol. The molecule has 2 heteroatoms. The molecule has 0 unspecified atom stereocenters. The summed E-state index contributed by atoms with van der Waals surface area (Å²) in [5.74, 6) is 0.465. The predicted octanol–water partition coefficient (Wildman–Crippen LogP) is 4.45. The van der Waals surface area contributed by atoms with Gasteiger partial charge in [-0.1, -0.05) is 32.8 Å². The van der Waals surface area contributed by atoms with E-state index in [0.29, 0.717) is 11.8 Å². The van der Waals surface area contributed by atoms with Gasteiger partial charge in [0, 0.05) is 12.0 Å². The fourth-order valence-electron chi connectivity index (χ4n) is 2.60. The Bertz CT molecular complexity index is 283. The summed E-state index contributed by atoms with van der Waals surface area (Å²) in [6.45, 7) is 14.2. The zero-order chi connectivity index (χ0) is 15.1. The highest BCUT2D eigenvalue weighted by Gasteiger charge is 2.38. The number of allylic oxidation sites excluding steroid dienone is 1. The van der Waals surface area contributed by atoms with Gasteiger partial charge in [0.25, 0.3) is 0 Å². The Labute approximate surface area is 120 Å². The molecule has 0 aliphatic heterocycles. The number of rotatable bonds is 10. The van der Waals surface area contributed by atoms with Crippen LogP contribution in [-0.2, 0) is 4.79 Å². The molecule has 0 saturated heterocycles. The molecule has 0 spiro atoms. The van der Waals surface area contributed by atoms with E-state index >= 15 is 0 Å². The summed E-state index contributed by atoms with van der Waals surface area (Å²) in [5.41, 5.74) is -0.323. The van der Waals surface area contributed by atoms with Crippen LogP contribution in [0.2, 0.25) is 0 Å². The number of hydrogen-bond donors (Lipinski definition) is 0. The van der Waals surface area contributed by atoms with E-state index in [2.05, 4.69) is 39.3 Å². The monoisotopic (exact) mass is 267 g/mol. The molecule has 0 bridgehead atoms. The molecule has 0 aliphatic rings. The molecule has 0 amide bonds. The van der Waals surface area contributed by atoms with E-state index < -0.39 is 0 Å². The summed E-state index contributed by atoms with van der Waals surface area (Å²) in [4.78, 5) is 14.8. The van der Waals surface area contributed by atoms with Crippen LogP contribution in [0.25, 0.3) is 0 Å². The number of unbranched alkanes of at least 4 members (excludes halogenated alkanes) is 3. The van der Waals surface area contributed by atoms with Gasteiger partial charge in [0.15, 0.2) is 5.78 Å². The van der Waals surface area contributed by atoms with Gasteiger partial charge in [0.05, 0.1) is 5.54 Å². The summed E-state index contributed by atoms with van der Waals surface area (Å²) in [5, 5.41) is 0. The van der Waals surface area contributed by atoms with Crippen LogP contribution in [0.3, 0.4) is 0 Å². The topological polar surface area (TPSA) is 20.3 Å². The second kappa shape index (κ2) is 8.52. The SMILES string of the molecule is C=CCCCCC[C@@](C)(C(=O)C(C)C)N(C)C(C)C. The molecule has 19 heavy (non-hydrogen) atoms. The van der Waals surface area contributed by atoms with E-state index in [0.717, 1.165) is 19.3 Å². The van der Waals surface area contributed by atoms with Gasteiger partial charge in [0.1, 0.15) is 0 Å². The maximum atomic E-state index is 12.6. The average molecular weight is 267 g/mol. The van der Waals surface area contributed by atoms with Crippen molar-refractivity contribution in [2.75, 3.05) is 7.05 Å². The van der Waals surface area contributed by atoms with Gasteiger partial charge >= 0.3 is 0 Å². The highest BCUT2D eigenvalue weighted by Crippen LogP contribution is 2.27. The van der Waals surface area contributed by atoms with Crippen LogP contribution in [0.5, 0.6) is 0 Å². The highest BCUT2D eigenvalue weighted by molar-refractivity contribution is 5.89. The lowest BCUT2D eigenvalue weighted by molar-refractivity contribution is -0.134. The van der Waals surface area contributed by atoms with Crippen molar-refractivity contribution in [3.63, 3.8) is 0 Å². The fourth-order valence-corrected chi connectivity index (χ4v) is 2.60. The van der Waals surface area contributed by atoms with Gasteiger partial charge in [-0.05, 0) is 47.1 Å². The lowest BCUT2D eigenvalue weighted by Crippen LogP contribution is -2.54. The Kier molecular flexibility index (Phi) is 8.24. The van der Waals surface area contributed by atoms with Crippen LogP contribution in [0.1, 0.15) is 66.7 Å². The number of likely N-dealkylation sites (N-methyl/N-ethyl adjacent to an activating group) is 1. The maximum absolute atomic E-state index is 12.6. The van der Waals surface area contributed by atoms with Crippen molar-refractivity contribution in [3.8, 4) is 0 Å². The van der Waals surface area contributed by atoms with Gasteiger partial charge in [0.2, 0.25) is 0 Å². The molecule has 0 rings (SSSR count). The van der Waals surface area contributed by atoms with Crippen LogP contribution in [-0.4, -0.2) is 29.3 Å². The molecule has 0 fully saturated rings. The summed E-state index contributed by atoms with van der Waals surface area (Å²) in [7, 11) is 2.08. The number of hydrogen-bond acceptors (Lipinski definition) is 2. The molecule has 2 nitrogen and oxygen atoms in total. The number of nitrogens with zero attached hydrogens (tertiary/aromatic N) is 1. The van der Waals surface area contributed by atoms with Crippen LogP contribution in [0, 0.1) is 5.92 Å². The summed E-state index contributed by atoms with van der Waals surface area (Å²) in [6.07, 6.45) is 7.48. The molecule has 0 aromatic carbocycles. The number of carbonyl (C=O) groups is 1. The minimum Gasteiger partial charge on any atom is -0.297 e. The van der Waals surface area contributed by atoms with E-state index in [4.69, 9.17) is 0 Å². The van der Waals surface area contributed by atoms with Crippen molar-refractivity contribution < 1.29 is 4.79 Å². The van der Waals surface area contributed by atoms with Crippen molar-refractivity contribution in [1.82, 2.24) is 4.90 Å². The molecule has 0 saturated carbocycles. The third-order valence-electron chi connectivity index (χ3n) is 4.18. The first-order chi connectivity index (χ1) is 8.77. The van der Waals surface area contributed by atoms with Gasteiger partial charge in [-0.15, -0.1) is 6.58 Å². The van der Waals surface area contributed by atoms with E-state index in [1.54, 1.807) is 0 Å². The first-order valence-electron chi connectivity index (χ1n) is 7.65. The maximum Gasteiger partial charge on any atom is 0.155 e. The average Bonchev–Trinajstić information content (AvgIpc) is 2.36. The van der Waals surface area contributed by atoms with Crippen molar-refractivity contribution in [3.05, 3.63) is 12.7 Å². The molecule has 0 aliphatic carbocycles. The van der Waals surface area contributed by atoms with Crippen LogP contribution >= 0.6 is 0 Å². The quantitative estimate of drug-likeness (QED) is 0.430. The fraction of sp³-hybridized carbons (Fsp3) is 0.824. The second-order valence-electron chi connectivity index (χ2n) is 6.39. The molecule has 0 aromatic rings. The molecule has 0 radical (unpaired) electrons. The number of carbonyl (C=O) groups excluding carboxylic acids is 1. The van der Waals surface area contributed by atoms with Crippen molar-refractivity contribution >= 4 is 5.78 Å². The van der Waals surface area contributed by atoms with Gasteiger partial charge in [-0.3, -0.25) is 9.69 Å². The third kappa shape index (κ3) is 5.48. The largest absolute Gasteiger partial charge is 0.297 e. The minimum absolute atomic E-state index is 0.0966. The third-order valence-corrected chi connectivity index (χ3v) is 4.18. The second-order valence-corrected chi connectivity index (χ2v) is 6.39. The summed E-state index contributed by atoms with van der Waals surface area (Å²) in [6, 6.07) is 0.390. The van der Waals surface area contributed by atoms with E-state index in [9.17, 15) is 4.79 Å². The van der Waals surface area contributed by atoms with Crippen LogP contribution < -0.4 is 0 Å². The Hall–Kier alpha value is -0.630. The van der Waals surface area contributed by atoms with E-state index in [1.165, 1.54) is 12.8 Å². The molecule has 0 aromatic heterocycles. The smallest absolute Gasteiger partial charge is 0.155 e. The molecule has 0 heterocycles. The van der Waals surface area contributed by atoms with Crippen molar-refractivity contribution in [1.29, 1.82) is 0 Å². The number of ketones is 1. The Morgan fingerprint density at radius 1 is 1.21 bits per heavy atom. The standard InChI is InChI=1S/C17H33NO/c1-8-9-10-11-12-13-17(6,16(19)14(2)3)18(7)15(4)5/h8,14-15H,1,9-13H2,2-7H3/t17-/m0/s1. The molecule has 1 atom stereocenters. The summed E-state index contributed by atoms with van der Waals surface area (Å²) < 4.78 is 0. The Balaban J connectivity index is 4.68. The van der Waals surface area contributed by atoms with Crippen LogP contribution in [0.15, 0.2) is 12.7 Å². The van der Waals surface area contributed by atoms with Crippen molar-refractivity contribution in [2.45, 2.75) is 78.3 Å². The van der Waals surface area contributed by atoms with Gasteiger partial charge < -0.3 is 0 Å². The van der Waals surface area contributed by atoms with Gasteiger partial charge in [-0.2, -0.15) is 0 Å². The van der Waals surface area contributed by atoms with Crippen molar-refractivity contribution in [2.24, 2.45) is 5.92 Å². The normalized spacial score (nSPS) is 15.0. The highest BCUT2D eigenvalue weighted by atomic mass is 16.1. The molecular weight excluding hydrogens is 234 g/mol. The first kappa shape index (κ1) is 18.4. The zero-order valence-electron chi connectivity index (χ0n) is 13.8. The molecule has 0 N–H and O–H groups in total.